The Morgan fingerprint density at radius 1 is 1.21 bits per heavy atom. The molecule has 1 aliphatic rings. The van der Waals surface area contributed by atoms with Crippen LogP contribution in [0.3, 0.4) is 0 Å². The standard InChI is InChI=1S/C27H38N2O5/c1-18(16-19(2)25(34-5)17-22-10-7-6-8-11-22)13-14-23(28-21(4)30)20(3)26(31)29-15-9-12-24(29)27(32)33/h6-8,10-11,13-14,16,19-20,23-25H,9,12,15,17H2,1-5H3,(H,28,30)(H,32,33)/b14-13+,18-16+/t19-,20-,23-,24+,25-/m0/s1. The van der Waals surface area contributed by atoms with E-state index in [1.807, 2.05) is 37.3 Å². The third kappa shape index (κ3) is 7.83. The smallest absolute Gasteiger partial charge is 0.326 e. The highest BCUT2D eigenvalue weighted by atomic mass is 16.5. The van der Waals surface area contributed by atoms with Crippen molar-refractivity contribution in [2.24, 2.45) is 11.8 Å². The van der Waals surface area contributed by atoms with Gasteiger partial charge in [-0.2, -0.15) is 0 Å². The number of nitrogens with zero attached hydrogens (tertiary/aromatic N) is 1. The first-order chi connectivity index (χ1) is 16.1. The summed E-state index contributed by atoms with van der Waals surface area (Å²) in [5.74, 6) is -1.93. The van der Waals surface area contributed by atoms with Crippen LogP contribution >= 0.6 is 0 Å². The van der Waals surface area contributed by atoms with Crippen LogP contribution in [0.5, 0.6) is 0 Å². The molecule has 0 aromatic heterocycles. The largest absolute Gasteiger partial charge is 0.480 e. The second kappa shape index (κ2) is 13.1. The summed E-state index contributed by atoms with van der Waals surface area (Å²) in [6.45, 7) is 7.64. The molecular weight excluding hydrogens is 432 g/mol. The molecule has 1 fully saturated rings. The fraction of sp³-hybridized carbons (Fsp3) is 0.519. The van der Waals surface area contributed by atoms with Crippen LogP contribution in [0.25, 0.3) is 0 Å². The van der Waals surface area contributed by atoms with Crippen molar-refractivity contribution in [3.63, 3.8) is 0 Å². The number of carboxylic acids is 1. The van der Waals surface area contributed by atoms with Gasteiger partial charge in [-0.25, -0.2) is 4.79 Å². The molecule has 34 heavy (non-hydrogen) atoms. The molecule has 1 aromatic carbocycles. The predicted molar refractivity (Wildman–Crippen MR) is 132 cm³/mol. The number of aliphatic carboxylic acids is 1. The van der Waals surface area contributed by atoms with Crippen molar-refractivity contribution in [3.8, 4) is 0 Å². The molecule has 0 unspecified atom stereocenters. The van der Waals surface area contributed by atoms with Crippen LogP contribution in [0.1, 0.15) is 46.1 Å². The van der Waals surface area contributed by atoms with Gasteiger partial charge in [-0.1, -0.05) is 68.0 Å². The lowest BCUT2D eigenvalue weighted by Crippen LogP contribution is -2.48. The zero-order valence-electron chi connectivity index (χ0n) is 20.9. The number of likely N-dealkylation sites (tertiary alicyclic amines) is 1. The molecule has 0 saturated carbocycles. The lowest BCUT2D eigenvalue weighted by molar-refractivity contribution is -0.150. The van der Waals surface area contributed by atoms with Crippen LogP contribution in [0, 0.1) is 11.8 Å². The Morgan fingerprint density at radius 3 is 2.47 bits per heavy atom. The van der Waals surface area contributed by atoms with Crippen LogP contribution < -0.4 is 5.32 Å². The summed E-state index contributed by atoms with van der Waals surface area (Å²) in [6, 6.07) is 8.86. The highest BCUT2D eigenvalue weighted by molar-refractivity contribution is 5.86. The average molecular weight is 471 g/mol. The van der Waals surface area contributed by atoms with Crippen molar-refractivity contribution in [3.05, 3.63) is 59.7 Å². The molecule has 7 nitrogen and oxygen atoms in total. The number of benzene rings is 1. The van der Waals surface area contributed by atoms with Crippen LogP contribution in [-0.2, 0) is 25.5 Å². The number of rotatable bonds is 11. The van der Waals surface area contributed by atoms with Gasteiger partial charge in [-0.15, -0.1) is 0 Å². The van der Waals surface area contributed by atoms with E-state index in [-0.39, 0.29) is 23.8 Å². The van der Waals surface area contributed by atoms with Gasteiger partial charge in [0.25, 0.3) is 0 Å². The average Bonchev–Trinajstić information content (AvgIpc) is 3.30. The summed E-state index contributed by atoms with van der Waals surface area (Å²) in [7, 11) is 1.71. The van der Waals surface area contributed by atoms with Gasteiger partial charge in [0.15, 0.2) is 0 Å². The Morgan fingerprint density at radius 2 is 1.88 bits per heavy atom. The lowest BCUT2D eigenvalue weighted by Gasteiger charge is -2.28. The molecule has 0 bridgehead atoms. The van der Waals surface area contributed by atoms with Crippen molar-refractivity contribution in [2.45, 2.75) is 65.1 Å². The summed E-state index contributed by atoms with van der Waals surface area (Å²) >= 11 is 0. The third-order valence-electron chi connectivity index (χ3n) is 6.38. The van der Waals surface area contributed by atoms with Gasteiger partial charge in [-0.3, -0.25) is 9.59 Å². The predicted octanol–water partition coefficient (Wildman–Crippen LogP) is 3.60. The van der Waals surface area contributed by atoms with E-state index in [1.54, 1.807) is 14.0 Å². The van der Waals surface area contributed by atoms with Crippen molar-refractivity contribution in [1.29, 1.82) is 0 Å². The number of hydrogen-bond donors (Lipinski definition) is 2. The van der Waals surface area contributed by atoms with Gasteiger partial charge in [0, 0.05) is 26.5 Å². The summed E-state index contributed by atoms with van der Waals surface area (Å²) in [6.07, 6.45) is 7.76. The number of amides is 2. The number of ether oxygens (including phenoxy) is 1. The molecule has 1 aromatic rings. The maximum Gasteiger partial charge on any atom is 0.326 e. The van der Waals surface area contributed by atoms with Crippen LogP contribution in [0.2, 0.25) is 0 Å². The molecule has 7 heteroatoms. The third-order valence-corrected chi connectivity index (χ3v) is 6.38. The van der Waals surface area contributed by atoms with E-state index >= 15 is 0 Å². The molecule has 2 N–H and O–H groups in total. The van der Waals surface area contributed by atoms with E-state index in [4.69, 9.17) is 4.74 Å². The number of carbonyl (C=O) groups is 3. The summed E-state index contributed by atoms with van der Waals surface area (Å²) in [4.78, 5) is 37.8. The number of hydrogen-bond acceptors (Lipinski definition) is 4. The Kier molecular flexibility index (Phi) is 10.5. The van der Waals surface area contributed by atoms with Crippen LogP contribution in [-0.4, -0.2) is 59.6 Å². The summed E-state index contributed by atoms with van der Waals surface area (Å²) < 4.78 is 5.73. The SMILES string of the molecule is CO[C@@H](Cc1ccccc1)[C@@H](C)/C=C(C)/C=C/[C@H](NC(C)=O)[C@H](C)C(=O)N1CCC[C@@H]1C(=O)O. The van der Waals surface area contributed by atoms with Crippen LogP contribution in [0.15, 0.2) is 54.1 Å². The van der Waals surface area contributed by atoms with Crippen LogP contribution in [0.4, 0.5) is 0 Å². The van der Waals surface area contributed by atoms with E-state index in [1.165, 1.54) is 17.4 Å². The number of nitrogens with one attached hydrogen (secondary N) is 1. The number of methoxy groups -OCH3 is 1. The zero-order valence-corrected chi connectivity index (χ0v) is 20.9. The van der Waals surface area contributed by atoms with Crippen molar-refractivity contribution >= 4 is 17.8 Å². The molecular formula is C27H38N2O5. The molecule has 5 atom stereocenters. The first-order valence-corrected chi connectivity index (χ1v) is 11.9. The quantitative estimate of drug-likeness (QED) is 0.482. The Labute approximate surface area is 202 Å². The molecule has 0 aliphatic carbocycles. The number of allylic oxidation sites excluding steroid dienone is 2. The van der Waals surface area contributed by atoms with E-state index in [0.717, 1.165) is 12.0 Å². The summed E-state index contributed by atoms with van der Waals surface area (Å²) in [5, 5.41) is 12.3. The van der Waals surface area contributed by atoms with E-state index in [2.05, 4.69) is 30.4 Å². The maximum absolute atomic E-state index is 13.1. The highest BCUT2D eigenvalue weighted by Gasteiger charge is 2.37. The van der Waals surface area contributed by atoms with Gasteiger partial charge in [0.1, 0.15) is 6.04 Å². The maximum atomic E-state index is 13.1. The van der Waals surface area contributed by atoms with Crippen molar-refractivity contribution in [1.82, 2.24) is 10.2 Å². The van der Waals surface area contributed by atoms with Gasteiger partial charge in [0.05, 0.1) is 18.1 Å². The molecule has 0 spiro atoms. The monoisotopic (exact) mass is 470 g/mol. The minimum atomic E-state index is -0.986. The highest BCUT2D eigenvalue weighted by Crippen LogP contribution is 2.22. The Bertz CT molecular complexity index is 896. The first-order valence-electron chi connectivity index (χ1n) is 11.9. The lowest BCUT2D eigenvalue weighted by atomic mass is 9.94. The van der Waals surface area contributed by atoms with E-state index in [0.29, 0.717) is 19.4 Å². The molecule has 2 amide bonds. The minimum absolute atomic E-state index is 0.0144. The topological polar surface area (TPSA) is 95.9 Å². The fourth-order valence-electron chi connectivity index (χ4n) is 4.44. The second-order valence-electron chi connectivity index (χ2n) is 9.14. The van der Waals surface area contributed by atoms with Crippen molar-refractivity contribution in [2.75, 3.05) is 13.7 Å². The molecule has 1 heterocycles. The van der Waals surface area contributed by atoms with Gasteiger partial charge < -0.3 is 20.1 Å². The van der Waals surface area contributed by atoms with E-state index in [9.17, 15) is 19.5 Å². The van der Waals surface area contributed by atoms with Gasteiger partial charge in [0.2, 0.25) is 11.8 Å². The zero-order chi connectivity index (χ0) is 25.3. The second-order valence-corrected chi connectivity index (χ2v) is 9.14. The summed E-state index contributed by atoms with van der Waals surface area (Å²) in [5.41, 5.74) is 2.20. The normalized spacial score (nSPS) is 20.1. The molecule has 1 saturated heterocycles. The molecule has 1 aliphatic heterocycles. The van der Waals surface area contributed by atoms with Gasteiger partial charge in [-0.05, 0) is 31.7 Å². The molecule has 186 valence electrons. The molecule has 2 rings (SSSR count). The Hall–Kier alpha value is -2.93. The van der Waals surface area contributed by atoms with Gasteiger partial charge >= 0.3 is 5.97 Å². The first kappa shape index (κ1) is 27.3. The number of carbonyl (C=O) groups excluding carboxylic acids is 2. The molecule has 0 radical (unpaired) electrons. The van der Waals surface area contributed by atoms with E-state index < -0.39 is 24.0 Å². The number of carboxylic acid groups (broad SMARTS) is 1. The Balaban J connectivity index is 2.11. The minimum Gasteiger partial charge on any atom is -0.480 e. The van der Waals surface area contributed by atoms with Crippen molar-refractivity contribution < 1.29 is 24.2 Å². The fourth-order valence-corrected chi connectivity index (χ4v) is 4.44.